The fourth-order valence-corrected chi connectivity index (χ4v) is 2.49. The van der Waals surface area contributed by atoms with Gasteiger partial charge in [-0.1, -0.05) is 11.6 Å². The summed E-state index contributed by atoms with van der Waals surface area (Å²) in [5, 5.41) is 0.490. The van der Waals surface area contributed by atoms with Crippen LogP contribution in [0.2, 0.25) is 5.02 Å². The number of imidazole rings is 1. The summed E-state index contributed by atoms with van der Waals surface area (Å²) in [6.45, 7) is 0. The Hall–Kier alpha value is -1.66. The average molecular weight is 359 g/mol. The number of anilines is 1. The normalized spacial score (nSPS) is 11.2. The maximum Gasteiger partial charge on any atom is 0.206 e. The Morgan fingerprint density at radius 1 is 1.15 bits per heavy atom. The summed E-state index contributed by atoms with van der Waals surface area (Å²) in [5.41, 5.74) is 6.85. The lowest BCUT2D eigenvalue weighted by molar-refractivity contribution is 0.589. The lowest BCUT2D eigenvalue weighted by Crippen LogP contribution is -2.04. The highest BCUT2D eigenvalue weighted by Gasteiger charge is 2.16. The minimum absolute atomic E-state index is 0.00646. The zero-order valence-corrected chi connectivity index (χ0v) is 12.2. The van der Waals surface area contributed by atoms with Crippen LogP contribution in [0.1, 0.15) is 0 Å². The van der Waals surface area contributed by atoms with Gasteiger partial charge >= 0.3 is 0 Å². The van der Waals surface area contributed by atoms with Crippen molar-refractivity contribution >= 4 is 44.5 Å². The smallest absolute Gasteiger partial charge is 0.206 e. The van der Waals surface area contributed by atoms with Crippen LogP contribution in [0, 0.1) is 11.6 Å². The Morgan fingerprint density at radius 2 is 1.90 bits per heavy atom. The molecule has 0 bridgehead atoms. The highest BCUT2D eigenvalue weighted by atomic mass is 79.9. The van der Waals surface area contributed by atoms with E-state index in [9.17, 15) is 8.78 Å². The first-order valence-corrected chi connectivity index (χ1v) is 6.73. The van der Waals surface area contributed by atoms with Crippen LogP contribution in [-0.4, -0.2) is 9.55 Å². The zero-order chi connectivity index (χ0) is 14.4. The topological polar surface area (TPSA) is 43.8 Å². The molecule has 1 heterocycles. The monoisotopic (exact) mass is 357 g/mol. The van der Waals surface area contributed by atoms with Crippen LogP contribution < -0.4 is 5.73 Å². The molecule has 102 valence electrons. The largest absolute Gasteiger partial charge is 0.369 e. The Balaban J connectivity index is 2.35. The molecule has 3 rings (SSSR count). The first-order valence-electron chi connectivity index (χ1n) is 5.56. The molecule has 0 fully saturated rings. The van der Waals surface area contributed by atoms with Gasteiger partial charge in [0.05, 0.1) is 21.2 Å². The minimum Gasteiger partial charge on any atom is -0.369 e. The molecule has 20 heavy (non-hydrogen) atoms. The molecule has 0 aliphatic heterocycles. The van der Waals surface area contributed by atoms with Crippen molar-refractivity contribution in [2.24, 2.45) is 0 Å². The number of aromatic nitrogens is 2. The van der Waals surface area contributed by atoms with Gasteiger partial charge in [-0.05, 0) is 40.2 Å². The van der Waals surface area contributed by atoms with E-state index in [0.29, 0.717) is 16.1 Å². The van der Waals surface area contributed by atoms with Gasteiger partial charge in [-0.25, -0.2) is 13.8 Å². The van der Waals surface area contributed by atoms with E-state index in [2.05, 4.69) is 20.9 Å². The third kappa shape index (κ3) is 2.05. The second-order valence-corrected chi connectivity index (χ2v) is 5.45. The Morgan fingerprint density at radius 3 is 2.65 bits per heavy atom. The molecule has 0 unspecified atom stereocenters. The van der Waals surface area contributed by atoms with Gasteiger partial charge in [-0.3, -0.25) is 4.57 Å². The second kappa shape index (κ2) is 4.71. The number of nitrogens with zero attached hydrogens (tertiary/aromatic N) is 2. The quantitative estimate of drug-likeness (QED) is 0.659. The molecule has 7 heteroatoms. The number of hydrogen-bond acceptors (Lipinski definition) is 2. The fraction of sp³-hybridized carbons (Fsp3) is 0. The number of rotatable bonds is 1. The van der Waals surface area contributed by atoms with Crippen molar-refractivity contribution in [3.63, 3.8) is 0 Å². The highest BCUT2D eigenvalue weighted by Crippen LogP contribution is 2.29. The summed E-state index contributed by atoms with van der Waals surface area (Å²) in [6, 6.07) is 7.00. The van der Waals surface area contributed by atoms with Crippen LogP contribution in [0.4, 0.5) is 14.7 Å². The van der Waals surface area contributed by atoms with E-state index in [4.69, 9.17) is 17.3 Å². The molecule has 0 amide bonds. The van der Waals surface area contributed by atoms with Gasteiger partial charge in [-0.15, -0.1) is 0 Å². The predicted octanol–water partition coefficient (Wildman–Crippen LogP) is 4.30. The van der Waals surface area contributed by atoms with Crippen molar-refractivity contribution in [3.05, 3.63) is 51.5 Å². The molecule has 1 aromatic heterocycles. The predicted molar refractivity (Wildman–Crippen MR) is 78.1 cm³/mol. The number of nitrogen functional groups attached to an aromatic ring is 1. The van der Waals surface area contributed by atoms with E-state index in [-0.39, 0.29) is 16.1 Å². The molecule has 3 nitrogen and oxygen atoms in total. The summed E-state index contributed by atoms with van der Waals surface area (Å²) in [7, 11) is 0. The van der Waals surface area contributed by atoms with Crippen molar-refractivity contribution < 1.29 is 8.78 Å². The Kier molecular flexibility index (Phi) is 3.14. The van der Waals surface area contributed by atoms with Crippen LogP contribution in [0.15, 0.2) is 34.8 Å². The van der Waals surface area contributed by atoms with Gasteiger partial charge in [0.15, 0.2) is 0 Å². The molecule has 0 saturated carbocycles. The van der Waals surface area contributed by atoms with Gasteiger partial charge < -0.3 is 5.73 Å². The summed E-state index contributed by atoms with van der Waals surface area (Å²) in [4.78, 5) is 4.10. The molecule has 2 N–H and O–H groups in total. The first-order chi connectivity index (χ1) is 9.47. The first kappa shape index (κ1) is 13.3. The average Bonchev–Trinajstić information content (AvgIpc) is 2.69. The van der Waals surface area contributed by atoms with E-state index in [1.54, 1.807) is 18.2 Å². The standard InChI is InChI=1S/C13H7BrClF2N3/c14-7-4-9(17)12(5-8(7)16)20-11-2-1-6(15)3-10(11)19-13(20)18/h1-5H,(H2,18,19). The summed E-state index contributed by atoms with van der Waals surface area (Å²) in [5.74, 6) is -1.14. The number of halogens is 4. The van der Waals surface area contributed by atoms with Gasteiger partial charge in [0, 0.05) is 11.1 Å². The second-order valence-electron chi connectivity index (χ2n) is 4.16. The van der Waals surface area contributed by atoms with Gasteiger partial charge in [0.25, 0.3) is 0 Å². The van der Waals surface area contributed by atoms with Gasteiger partial charge in [0.1, 0.15) is 11.6 Å². The molecule has 0 spiro atoms. The fourth-order valence-electron chi connectivity index (χ4n) is 2.01. The minimum atomic E-state index is -0.612. The number of hydrogen-bond donors (Lipinski definition) is 1. The molecule has 0 radical (unpaired) electrons. The number of nitrogens with two attached hydrogens (primary N) is 1. The molecule has 0 atom stereocenters. The molecule has 0 aliphatic rings. The van der Waals surface area contributed by atoms with E-state index in [1.807, 2.05) is 0 Å². The van der Waals surface area contributed by atoms with Crippen molar-refractivity contribution in [2.75, 3.05) is 5.73 Å². The van der Waals surface area contributed by atoms with E-state index >= 15 is 0 Å². The van der Waals surface area contributed by atoms with Gasteiger partial charge in [-0.2, -0.15) is 0 Å². The van der Waals surface area contributed by atoms with Crippen LogP contribution in [0.5, 0.6) is 0 Å². The molecular formula is C13H7BrClF2N3. The number of benzene rings is 2. The van der Waals surface area contributed by atoms with Crippen LogP contribution in [0.25, 0.3) is 16.7 Å². The van der Waals surface area contributed by atoms with Crippen LogP contribution >= 0.6 is 27.5 Å². The molecule has 0 aliphatic carbocycles. The summed E-state index contributed by atoms with van der Waals surface area (Å²) >= 11 is 8.81. The van der Waals surface area contributed by atoms with E-state index in [0.717, 1.165) is 12.1 Å². The van der Waals surface area contributed by atoms with Crippen LogP contribution in [-0.2, 0) is 0 Å². The maximum absolute atomic E-state index is 14.1. The van der Waals surface area contributed by atoms with Crippen molar-refractivity contribution in [3.8, 4) is 5.69 Å². The summed E-state index contributed by atoms with van der Waals surface area (Å²) < 4.78 is 29.1. The third-order valence-electron chi connectivity index (χ3n) is 2.87. The van der Waals surface area contributed by atoms with Crippen LogP contribution in [0.3, 0.4) is 0 Å². The number of fused-ring (bicyclic) bond motifs is 1. The zero-order valence-electron chi connectivity index (χ0n) is 9.87. The van der Waals surface area contributed by atoms with E-state index in [1.165, 1.54) is 4.57 Å². The van der Waals surface area contributed by atoms with Crippen molar-refractivity contribution in [1.82, 2.24) is 9.55 Å². The van der Waals surface area contributed by atoms with E-state index < -0.39 is 11.6 Å². The Labute approximate surface area is 126 Å². The SMILES string of the molecule is Nc1nc2cc(Cl)ccc2n1-c1cc(F)c(Br)cc1F. The van der Waals surface area contributed by atoms with Crippen molar-refractivity contribution in [1.29, 1.82) is 0 Å². The summed E-state index contributed by atoms with van der Waals surface area (Å²) in [6.07, 6.45) is 0. The molecule has 0 saturated heterocycles. The molecule has 3 aromatic rings. The lowest BCUT2D eigenvalue weighted by Gasteiger charge is -2.09. The lowest BCUT2D eigenvalue weighted by atomic mass is 10.2. The highest BCUT2D eigenvalue weighted by molar-refractivity contribution is 9.10. The van der Waals surface area contributed by atoms with Gasteiger partial charge in [0.2, 0.25) is 5.95 Å². The molecular weight excluding hydrogens is 352 g/mol. The maximum atomic E-state index is 14.1. The van der Waals surface area contributed by atoms with Crippen molar-refractivity contribution in [2.45, 2.75) is 0 Å². The Bertz CT molecular complexity index is 832. The molecule has 2 aromatic carbocycles. The third-order valence-corrected chi connectivity index (χ3v) is 3.72.